The Morgan fingerprint density at radius 3 is 2.59 bits per heavy atom. The molecule has 0 saturated carbocycles. The number of aromatic nitrogens is 3. The SMILES string of the molecule is Cc1n[nH]c(C)c1Cc1cc2c(cc1C#N)c(=O)c(C(=O)O)cn2C(C)C. The maximum atomic E-state index is 12.6. The topological polar surface area (TPSA) is 112 Å². The van der Waals surface area contributed by atoms with Crippen molar-refractivity contribution in [3.05, 3.63) is 62.2 Å². The Balaban J connectivity index is 2.33. The summed E-state index contributed by atoms with van der Waals surface area (Å²) in [6, 6.07) is 5.40. The van der Waals surface area contributed by atoms with Gasteiger partial charge in [-0.15, -0.1) is 0 Å². The van der Waals surface area contributed by atoms with Crippen LogP contribution in [0.3, 0.4) is 0 Å². The molecular formula is C20H20N4O3. The van der Waals surface area contributed by atoms with E-state index >= 15 is 0 Å². The summed E-state index contributed by atoms with van der Waals surface area (Å²) in [5, 5.41) is 26.3. The highest BCUT2D eigenvalue weighted by Crippen LogP contribution is 2.25. The van der Waals surface area contributed by atoms with E-state index in [4.69, 9.17) is 0 Å². The smallest absolute Gasteiger partial charge is 0.341 e. The number of aromatic carboxylic acids is 1. The zero-order valence-corrected chi connectivity index (χ0v) is 15.6. The Kier molecular flexibility index (Phi) is 4.58. The first-order valence-electron chi connectivity index (χ1n) is 8.60. The van der Waals surface area contributed by atoms with Crippen molar-refractivity contribution >= 4 is 16.9 Å². The average Bonchev–Trinajstić information content (AvgIpc) is 2.93. The number of H-pyrrole nitrogens is 1. The van der Waals surface area contributed by atoms with Gasteiger partial charge in [0.05, 0.1) is 22.8 Å². The minimum atomic E-state index is -1.27. The highest BCUT2D eigenvalue weighted by Gasteiger charge is 2.19. The van der Waals surface area contributed by atoms with Crippen LogP contribution in [0.5, 0.6) is 0 Å². The second kappa shape index (κ2) is 6.72. The van der Waals surface area contributed by atoms with Gasteiger partial charge < -0.3 is 9.67 Å². The van der Waals surface area contributed by atoms with E-state index in [0.717, 1.165) is 22.5 Å². The molecule has 138 valence electrons. The van der Waals surface area contributed by atoms with Crippen LogP contribution in [-0.2, 0) is 6.42 Å². The van der Waals surface area contributed by atoms with Gasteiger partial charge >= 0.3 is 5.97 Å². The molecule has 0 spiro atoms. The summed E-state index contributed by atoms with van der Waals surface area (Å²) < 4.78 is 1.76. The molecule has 1 aromatic carbocycles. The van der Waals surface area contributed by atoms with Crippen molar-refractivity contribution in [2.75, 3.05) is 0 Å². The molecule has 0 atom stereocenters. The second-order valence-electron chi connectivity index (χ2n) is 6.91. The summed E-state index contributed by atoms with van der Waals surface area (Å²) in [6.45, 7) is 7.65. The molecule has 0 bridgehead atoms. The third kappa shape index (κ3) is 3.10. The lowest BCUT2D eigenvalue weighted by Gasteiger charge is -2.17. The Morgan fingerprint density at radius 1 is 1.37 bits per heavy atom. The van der Waals surface area contributed by atoms with Crippen LogP contribution in [0, 0.1) is 25.2 Å². The molecule has 0 amide bonds. The number of rotatable bonds is 4. The van der Waals surface area contributed by atoms with Gasteiger partial charge in [0.2, 0.25) is 5.43 Å². The van der Waals surface area contributed by atoms with Crippen LogP contribution in [0.2, 0.25) is 0 Å². The third-order valence-electron chi connectivity index (χ3n) is 4.81. The normalized spacial score (nSPS) is 11.1. The standard InChI is InChI=1S/C20H20N4O3/c1-10(2)24-9-17(20(26)27)19(25)16-6-14(8-21)13(7-18(16)24)5-15-11(3)22-23-12(15)4/h6-7,9-10H,5H2,1-4H3,(H,22,23)(H,26,27). The number of carbonyl (C=O) groups is 1. The van der Waals surface area contributed by atoms with Crippen LogP contribution >= 0.6 is 0 Å². The van der Waals surface area contributed by atoms with E-state index in [1.54, 1.807) is 4.57 Å². The molecule has 0 saturated heterocycles. The number of aryl methyl sites for hydroxylation is 2. The van der Waals surface area contributed by atoms with Gasteiger partial charge in [-0.2, -0.15) is 10.4 Å². The van der Waals surface area contributed by atoms with Gasteiger partial charge in [0.25, 0.3) is 0 Å². The molecule has 0 fully saturated rings. The summed E-state index contributed by atoms with van der Waals surface area (Å²) >= 11 is 0. The predicted octanol–water partition coefficient (Wildman–Crippen LogP) is 3.08. The molecule has 7 heteroatoms. The number of hydrogen-bond donors (Lipinski definition) is 2. The molecule has 7 nitrogen and oxygen atoms in total. The van der Waals surface area contributed by atoms with Crippen molar-refractivity contribution in [1.82, 2.24) is 14.8 Å². The molecule has 0 radical (unpaired) electrons. The van der Waals surface area contributed by atoms with E-state index in [9.17, 15) is 20.0 Å². The van der Waals surface area contributed by atoms with Gasteiger partial charge in [-0.3, -0.25) is 9.89 Å². The molecule has 27 heavy (non-hydrogen) atoms. The van der Waals surface area contributed by atoms with E-state index in [2.05, 4.69) is 16.3 Å². The van der Waals surface area contributed by atoms with Gasteiger partial charge in [-0.25, -0.2) is 4.79 Å². The van der Waals surface area contributed by atoms with Crippen LogP contribution in [0.15, 0.2) is 23.1 Å². The largest absolute Gasteiger partial charge is 0.477 e. The van der Waals surface area contributed by atoms with Crippen LogP contribution in [0.1, 0.15) is 58.3 Å². The molecule has 3 aromatic rings. The number of benzene rings is 1. The van der Waals surface area contributed by atoms with Crippen molar-refractivity contribution in [2.45, 2.75) is 40.2 Å². The van der Waals surface area contributed by atoms with Gasteiger partial charge in [0.15, 0.2) is 0 Å². The van der Waals surface area contributed by atoms with Gasteiger partial charge in [-0.1, -0.05) is 0 Å². The maximum Gasteiger partial charge on any atom is 0.341 e. The van der Waals surface area contributed by atoms with Crippen LogP contribution in [0.4, 0.5) is 0 Å². The Morgan fingerprint density at radius 2 is 2.07 bits per heavy atom. The zero-order valence-electron chi connectivity index (χ0n) is 15.6. The molecule has 3 rings (SSSR count). The quantitative estimate of drug-likeness (QED) is 0.739. The fraction of sp³-hybridized carbons (Fsp3) is 0.300. The van der Waals surface area contributed by atoms with E-state index in [1.807, 2.05) is 33.8 Å². The lowest BCUT2D eigenvalue weighted by atomic mass is 9.96. The van der Waals surface area contributed by atoms with Crippen molar-refractivity contribution in [3.63, 3.8) is 0 Å². The molecule has 2 aromatic heterocycles. The first-order chi connectivity index (χ1) is 12.7. The Bertz CT molecular complexity index is 1140. The van der Waals surface area contributed by atoms with Gasteiger partial charge in [0.1, 0.15) is 5.56 Å². The molecule has 0 aliphatic heterocycles. The summed E-state index contributed by atoms with van der Waals surface area (Å²) in [7, 11) is 0. The summed E-state index contributed by atoms with van der Waals surface area (Å²) in [4.78, 5) is 24.1. The van der Waals surface area contributed by atoms with Crippen LogP contribution < -0.4 is 5.43 Å². The molecule has 0 unspecified atom stereocenters. The summed E-state index contributed by atoms with van der Waals surface area (Å²) in [6.07, 6.45) is 1.88. The lowest BCUT2D eigenvalue weighted by Crippen LogP contribution is -2.20. The molecule has 0 aliphatic rings. The first kappa shape index (κ1) is 18.4. The van der Waals surface area contributed by atoms with E-state index in [-0.39, 0.29) is 17.0 Å². The van der Waals surface area contributed by atoms with Crippen molar-refractivity contribution in [1.29, 1.82) is 5.26 Å². The number of carboxylic acids is 1. The highest BCUT2D eigenvalue weighted by molar-refractivity contribution is 5.93. The highest BCUT2D eigenvalue weighted by atomic mass is 16.4. The maximum absolute atomic E-state index is 12.6. The van der Waals surface area contributed by atoms with Crippen molar-refractivity contribution < 1.29 is 9.90 Å². The fourth-order valence-electron chi connectivity index (χ4n) is 3.29. The number of pyridine rings is 1. The van der Waals surface area contributed by atoms with E-state index in [1.165, 1.54) is 12.3 Å². The van der Waals surface area contributed by atoms with Crippen molar-refractivity contribution in [2.24, 2.45) is 0 Å². The second-order valence-corrected chi connectivity index (χ2v) is 6.91. The predicted molar refractivity (Wildman–Crippen MR) is 101 cm³/mol. The minimum absolute atomic E-state index is 0.0515. The van der Waals surface area contributed by atoms with Crippen LogP contribution in [-0.4, -0.2) is 25.8 Å². The number of hydrogen-bond acceptors (Lipinski definition) is 4. The summed E-state index contributed by atoms with van der Waals surface area (Å²) in [5.74, 6) is -1.27. The Labute approximate surface area is 155 Å². The first-order valence-corrected chi connectivity index (χ1v) is 8.60. The average molecular weight is 364 g/mol. The van der Waals surface area contributed by atoms with Crippen molar-refractivity contribution in [3.8, 4) is 6.07 Å². The summed E-state index contributed by atoms with van der Waals surface area (Å²) in [5.41, 5.74) is 3.67. The zero-order chi connectivity index (χ0) is 19.9. The van der Waals surface area contributed by atoms with Gasteiger partial charge in [0, 0.05) is 35.3 Å². The van der Waals surface area contributed by atoms with Gasteiger partial charge in [-0.05, 0) is 45.4 Å². The number of fused-ring (bicyclic) bond motifs is 1. The number of aromatic amines is 1. The molecule has 2 N–H and O–H groups in total. The number of carboxylic acid groups (broad SMARTS) is 1. The van der Waals surface area contributed by atoms with E-state index in [0.29, 0.717) is 17.5 Å². The molecular weight excluding hydrogens is 344 g/mol. The van der Waals surface area contributed by atoms with Crippen LogP contribution in [0.25, 0.3) is 10.9 Å². The van der Waals surface area contributed by atoms with E-state index < -0.39 is 11.4 Å². The lowest BCUT2D eigenvalue weighted by molar-refractivity contribution is 0.0694. The minimum Gasteiger partial charge on any atom is -0.477 e. The molecule has 0 aliphatic carbocycles. The fourth-order valence-corrected chi connectivity index (χ4v) is 3.29. The number of nitrogens with zero attached hydrogens (tertiary/aromatic N) is 3. The monoisotopic (exact) mass is 364 g/mol. The number of nitriles is 1. The molecule has 2 heterocycles. The number of nitrogens with one attached hydrogen (secondary N) is 1. The Hall–Kier alpha value is -3.40. The third-order valence-corrected chi connectivity index (χ3v) is 4.81.